The molecule has 0 aliphatic rings. The molecule has 4 N–H and O–H groups in total. The molecule has 0 aromatic carbocycles. The van der Waals surface area contributed by atoms with E-state index in [-0.39, 0.29) is 5.48 Å². The first-order valence-corrected chi connectivity index (χ1v) is 7.00. The van der Waals surface area contributed by atoms with Crippen LogP contribution in [-0.4, -0.2) is 28.8 Å². The van der Waals surface area contributed by atoms with E-state index in [1.807, 2.05) is 13.8 Å². The highest BCUT2D eigenvalue weighted by atomic mass is 16.3. The average Bonchev–Trinajstić information content (AvgIpc) is 2.22. The molecule has 0 rings (SSSR count). The third kappa shape index (κ3) is 12.1. The van der Waals surface area contributed by atoms with Gasteiger partial charge in [-0.15, -0.1) is 0 Å². The zero-order valence-corrected chi connectivity index (χ0v) is 12.8. The largest absolute Gasteiger partial charge is 0.412 e. The average molecular weight is 259 g/mol. The van der Waals surface area contributed by atoms with Crippen molar-refractivity contribution in [2.45, 2.75) is 78.4 Å². The summed E-state index contributed by atoms with van der Waals surface area (Å²) in [6.45, 7) is 11.4. The molecule has 110 valence electrons. The third-order valence-electron chi connectivity index (χ3n) is 3.20. The number of nitrogens with one attached hydrogen (secondary N) is 1. The van der Waals surface area contributed by atoms with Crippen molar-refractivity contribution in [2.24, 2.45) is 0 Å². The first-order chi connectivity index (χ1) is 7.89. The van der Waals surface area contributed by atoms with Crippen molar-refractivity contribution in [3.63, 3.8) is 0 Å². The second-order valence-electron chi connectivity index (χ2n) is 5.64. The molecule has 0 aromatic rings. The lowest BCUT2D eigenvalue weighted by Crippen LogP contribution is -2.27. The van der Waals surface area contributed by atoms with Crippen LogP contribution in [0.1, 0.15) is 66.7 Å². The van der Waals surface area contributed by atoms with Crippen LogP contribution < -0.4 is 5.32 Å². The van der Waals surface area contributed by atoms with Crippen LogP contribution in [0.3, 0.4) is 0 Å². The Morgan fingerprint density at radius 2 is 1.83 bits per heavy atom. The fourth-order valence-electron chi connectivity index (χ4n) is 1.88. The highest BCUT2D eigenvalue weighted by Gasteiger charge is 2.11. The van der Waals surface area contributed by atoms with Crippen LogP contribution in [0.5, 0.6) is 0 Å². The second-order valence-corrected chi connectivity index (χ2v) is 5.64. The van der Waals surface area contributed by atoms with Crippen LogP contribution in [-0.2, 0) is 0 Å². The molecule has 0 heterocycles. The van der Waals surface area contributed by atoms with Gasteiger partial charge in [-0.1, -0.05) is 25.5 Å². The number of allylic oxidation sites excluding steroid dienone is 1. The Bertz CT molecular complexity index is 215. The predicted octanol–water partition coefficient (Wildman–Crippen LogP) is 2.83. The number of hydrogen-bond acceptors (Lipinski definition) is 2. The molecular formula is C15H33NO2. The van der Waals surface area contributed by atoms with Crippen molar-refractivity contribution in [3.05, 3.63) is 11.6 Å². The molecule has 0 bridgehead atoms. The molecule has 0 unspecified atom stereocenters. The van der Waals surface area contributed by atoms with Crippen LogP contribution in [0.25, 0.3) is 0 Å². The van der Waals surface area contributed by atoms with E-state index in [9.17, 15) is 5.11 Å². The van der Waals surface area contributed by atoms with Crippen LogP contribution in [0.4, 0.5) is 0 Å². The van der Waals surface area contributed by atoms with E-state index >= 15 is 0 Å². The Balaban J connectivity index is 0. The molecule has 0 aromatic heterocycles. The van der Waals surface area contributed by atoms with Gasteiger partial charge in [0, 0.05) is 12.6 Å². The van der Waals surface area contributed by atoms with Gasteiger partial charge >= 0.3 is 0 Å². The van der Waals surface area contributed by atoms with Gasteiger partial charge in [-0.05, 0) is 52.9 Å². The highest BCUT2D eigenvalue weighted by Crippen LogP contribution is 2.15. The molecule has 0 saturated carbocycles. The number of rotatable bonds is 9. The maximum Gasteiger partial charge on any atom is 0.0591 e. The molecule has 0 atom stereocenters. The van der Waals surface area contributed by atoms with E-state index in [1.54, 1.807) is 0 Å². The van der Waals surface area contributed by atoms with Gasteiger partial charge in [-0.25, -0.2) is 0 Å². The van der Waals surface area contributed by atoms with Crippen LogP contribution >= 0.6 is 0 Å². The minimum Gasteiger partial charge on any atom is -0.412 e. The molecule has 0 fully saturated rings. The third-order valence-corrected chi connectivity index (χ3v) is 3.20. The SMILES string of the molecule is CCC(CC)NCC=C(C)CCCC(C)(C)O.O. The van der Waals surface area contributed by atoms with Gasteiger partial charge in [0.2, 0.25) is 0 Å². The van der Waals surface area contributed by atoms with E-state index in [0.29, 0.717) is 6.04 Å². The summed E-state index contributed by atoms with van der Waals surface area (Å²) in [6, 6.07) is 0.649. The van der Waals surface area contributed by atoms with Crippen molar-refractivity contribution in [1.82, 2.24) is 5.32 Å². The Morgan fingerprint density at radius 1 is 1.28 bits per heavy atom. The standard InChI is InChI=1S/C15H31NO.H2O/c1-6-14(7-2)16-12-10-13(3)9-8-11-15(4,5)17;/h10,14,16-17H,6-9,11-12H2,1-5H3;1H2. The Morgan fingerprint density at radius 3 is 2.28 bits per heavy atom. The molecule has 0 aliphatic heterocycles. The quantitative estimate of drug-likeness (QED) is 0.625. The fraction of sp³-hybridized carbons (Fsp3) is 0.867. The lowest BCUT2D eigenvalue weighted by atomic mass is 9.99. The van der Waals surface area contributed by atoms with Gasteiger partial charge in [0.1, 0.15) is 0 Å². The Hall–Kier alpha value is -0.380. The lowest BCUT2D eigenvalue weighted by molar-refractivity contribution is 0.0689. The zero-order valence-electron chi connectivity index (χ0n) is 12.8. The molecule has 18 heavy (non-hydrogen) atoms. The highest BCUT2D eigenvalue weighted by molar-refractivity contribution is 4.99. The second kappa shape index (κ2) is 10.5. The molecule has 0 spiro atoms. The normalized spacial score (nSPS) is 12.7. The summed E-state index contributed by atoms with van der Waals surface area (Å²) in [5.74, 6) is 0. The molecule has 3 nitrogen and oxygen atoms in total. The maximum atomic E-state index is 9.61. The summed E-state index contributed by atoms with van der Waals surface area (Å²) in [4.78, 5) is 0. The van der Waals surface area contributed by atoms with E-state index in [0.717, 1.165) is 25.8 Å². The van der Waals surface area contributed by atoms with E-state index in [4.69, 9.17) is 0 Å². The summed E-state index contributed by atoms with van der Waals surface area (Å²) in [5.41, 5.74) is 0.904. The molecule has 0 amide bonds. The van der Waals surface area contributed by atoms with E-state index in [2.05, 4.69) is 32.2 Å². The maximum absolute atomic E-state index is 9.61. The first kappa shape index (κ1) is 19.9. The summed E-state index contributed by atoms with van der Waals surface area (Å²) >= 11 is 0. The van der Waals surface area contributed by atoms with Crippen molar-refractivity contribution < 1.29 is 10.6 Å². The van der Waals surface area contributed by atoms with E-state index < -0.39 is 5.60 Å². The van der Waals surface area contributed by atoms with Crippen molar-refractivity contribution in [2.75, 3.05) is 6.54 Å². The molecule has 0 saturated heterocycles. The molecule has 0 aliphatic carbocycles. The first-order valence-electron chi connectivity index (χ1n) is 7.00. The van der Waals surface area contributed by atoms with Gasteiger partial charge in [-0.3, -0.25) is 0 Å². The van der Waals surface area contributed by atoms with Crippen LogP contribution in [0.15, 0.2) is 11.6 Å². The summed E-state index contributed by atoms with van der Waals surface area (Å²) in [5, 5.41) is 13.1. The minimum absolute atomic E-state index is 0. The van der Waals surface area contributed by atoms with Crippen molar-refractivity contribution in [1.29, 1.82) is 0 Å². The van der Waals surface area contributed by atoms with Crippen LogP contribution in [0, 0.1) is 0 Å². The van der Waals surface area contributed by atoms with Gasteiger partial charge in [0.25, 0.3) is 0 Å². The van der Waals surface area contributed by atoms with Gasteiger partial charge < -0.3 is 15.9 Å². The summed E-state index contributed by atoms with van der Waals surface area (Å²) in [7, 11) is 0. The lowest BCUT2D eigenvalue weighted by Gasteiger charge is -2.16. The minimum atomic E-state index is -0.520. The van der Waals surface area contributed by atoms with Crippen LogP contribution in [0.2, 0.25) is 0 Å². The molecule has 0 radical (unpaired) electrons. The monoisotopic (exact) mass is 259 g/mol. The Kier molecular flexibility index (Phi) is 11.7. The zero-order chi connectivity index (χ0) is 13.3. The van der Waals surface area contributed by atoms with Gasteiger partial charge in [-0.2, -0.15) is 0 Å². The summed E-state index contributed by atoms with van der Waals surface area (Å²) in [6.07, 6.45) is 7.70. The Labute approximate surface area is 113 Å². The predicted molar refractivity (Wildman–Crippen MR) is 79.9 cm³/mol. The van der Waals surface area contributed by atoms with Crippen molar-refractivity contribution >= 4 is 0 Å². The smallest absolute Gasteiger partial charge is 0.0591 e. The van der Waals surface area contributed by atoms with Gasteiger partial charge in [0.15, 0.2) is 0 Å². The molecule has 3 heteroatoms. The number of aliphatic hydroxyl groups is 1. The molecular weight excluding hydrogens is 226 g/mol. The fourth-order valence-corrected chi connectivity index (χ4v) is 1.88. The topological polar surface area (TPSA) is 63.8 Å². The van der Waals surface area contributed by atoms with Gasteiger partial charge in [0.05, 0.1) is 5.60 Å². The summed E-state index contributed by atoms with van der Waals surface area (Å²) < 4.78 is 0. The number of hydrogen-bond donors (Lipinski definition) is 2. The van der Waals surface area contributed by atoms with E-state index in [1.165, 1.54) is 18.4 Å². The van der Waals surface area contributed by atoms with Crippen molar-refractivity contribution in [3.8, 4) is 0 Å².